The zero-order valence-corrected chi connectivity index (χ0v) is 17.1. The van der Waals surface area contributed by atoms with Crippen LogP contribution in [0.5, 0.6) is 0 Å². The number of carbonyl (C=O) groups excluding carboxylic acids is 1. The van der Waals surface area contributed by atoms with Gasteiger partial charge in [-0.3, -0.25) is 0 Å². The predicted octanol–water partition coefficient (Wildman–Crippen LogP) is 4.61. The second-order valence-electron chi connectivity index (χ2n) is 9.15. The Hall–Kier alpha value is -2.37. The molecule has 2 aromatic rings. The smallest absolute Gasteiger partial charge is 0.410 e. The lowest BCUT2D eigenvalue weighted by Crippen LogP contribution is -2.48. The number of ether oxygens (including phenoxy) is 1. The Labute approximate surface area is 166 Å². The maximum Gasteiger partial charge on any atom is 0.410 e. The third-order valence-electron chi connectivity index (χ3n) is 5.65. The molecule has 2 fully saturated rings. The van der Waals surface area contributed by atoms with E-state index in [4.69, 9.17) is 9.26 Å². The second-order valence-corrected chi connectivity index (χ2v) is 9.15. The van der Waals surface area contributed by atoms with Gasteiger partial charge in [-0.1, -0.05) is 35.0 Å². The summed E-state index contributed by atoms with van der Waals surface area (Å²) in [5.41, 5.74) is 1.95. The van der Waals surface area contributed by atoms with Crippen molar-refractivity contribution in [3.05, 3.63) is 47.1 Å². The Bertz CT molecular complexity index is 823. The number of benzene rings is 1. The van der Waals surface area contributed by atoms with Crippen LogP contribution in [0.3, 0.4) is 0 Å². The number of aromatic nitrogens is 2. The minimum absolute atomic E-state index is 0.191. The number of amides is 1. The van der Waals surface area contributed by atoms with Gasteiger partial charge in [-0.25, -0.2) is 4.79 Å². The Kier molecular flexibility index (Phi) is 4.89. The second kappa shape index (κ2) is 7.22. The normalized spacial score (nSPS) is 24.4. The lowest BCUT2D eigenvalue weighted by atomic mass is 9.91. The molecule has 2 saturated heterocycles. The van der Waals surface area contributed by atoms with Crippen LogP contribution in [-0.2, 0) is 11.2 Å². The van der Waals surface area contributed by atoms with Crippen LogP contribution in [0, 0.1) is 6.92 Å². The van der Waals surface area contributed by atoms with E-state index in [1.165, 1.54) is 11.1 Å². The van der Waals surface area contributed by atoms with Crippen molar-refractivity contribution in [2.24, 2.45) is 0 Å². The summed E-state index contributed by atoms with van der Waals surface area (Å²) in [4.78, 5) is 19.2. The van der Waals surface area contributed by atoms with Crippen molar-refractivity contribution in [1.29, 1.82) is 0 Å². The molecule has 150 valence electrons. The molecule has 2 unspecified atom stereocenters. The van der Waals surface area contributed by atoms with Crippen LogP contribution in [0.2, 0.25) is 0 Å². The van der Waals surface area contributed by atoms with E-state index in [-0.39, 0.29) is 24.1 Å². The molecule has 0 saturated carbocycles. The monoisotopic (exact) mass is 383 g/mol. The van der Waals surface area contributed by atoms with Crippen LogP contribution in [0.4, 0.5) is 4.79 Å². The van der Waals surface area contributed by atoms with Gasteiger partial charge in [0.2, 0.25) is 5.89 Å². The highest BCUT2D eigenvalue weighted by atomic mass is 16.6. The number of hydrogen-bond donors (Lipinski definition) is 0. The molecule has 2 aliphatic rings. The molecule has 0 radical (unpaired) electrons. The Morgan fingerprint density at radius 3 is 2.43 bits per heavy atom. The molecular weight excluding hydrogens is 354 g/mol. The summed E-state index contributed by atoms with van der Waals surface area (Å²) in [6.07, 6.45) is 4.25. The molecule has 0 spiro atoms. The summed E-state index contributed by atoms with van der Waals surface area (Å²) in [5.74, 6) is 1.65. The van der Waals surface area contributed by atoms with Gasteiger partial charge in [0, 0.05) is 24.4 Å². The van der Waals surface area contributed by atoms with Crippen LogP contribution in [0.1, 0.15) is 75.2 Å². The fourth-order valence-electron chi connectivity index (χ4n) is 4.39. The molecule has 4 rings (SSSR count). The molecule has 2 aliphatic heterocycles. The molecule has 2 atom stereocenters. The number of rotatable bonds is 3. The topological polar surface area (TPSA) is 68.5 Å². The fraction of sp³-hybridized carbons (Fsp3) is 0.591. The van der Waals surface area contributed by atoms with E-state index < -0.39 is 5.60 Å². The highest BCUT2D eigenvalue weighted by molar-refractivity contribution is 5.69. The standard InChI is InChI=1S/C22H29N3O3/c1-14-5-7-15(8-6-14)11-19-23-20(28-24-19)16-12-17-9-10-18(13-16)25(17)21(26)27-22(2,3)4/h5-8,16-18H,9-13H2,1-4H3. The zero-order chi connectivity index (χ0) is 19.9. The highest BCUT2D eigenvalue weighted by Crippen LogP contribution is 2.43. The van der Waals surface area contributed by atoms with Crippen molar-refractivity contribution in [3.8, 4) is 0 Å². The summed E-state index contributed by atoms with van der Waals surface area (Å²) in [7, 11) is 0. The minimum Gasteiger partial charge on any atom is -0.444 e. The molecule has 6 nitrogen and oxygen atoms in total. The molecular formula is C22H29N3O3. The van der Waals surface area contributed by atoms with Crippen molar-refractivity contribution >= 4 is 6.09 Å². The Balaban J connectivity index is 1.41. The van der Waals surface area contributed by atoms with E-state index >= 15 is 0 Å². The van der Waals surface area contributed by atoms with Crippen LogP contribution < -0.4 is 0 Å². The number of fused-ring (bicyclic) bond motifs is 2. The van der Waals surface area contributed by atoms with E-state index in [0.29, 0.717) is 12.3 Å². The summed E-state index contributed by atoms with van der Waals surface area (Å²) in [6, 6.07) is 8.80. The largest absolute Gasteiger partial charge is 0.444 e. The van der Waals surface area contributed by atoms with E-state index in [1.54, 1.807) is 0 Å². The van der Waals surface area contributed by atoms with Crippen molar-refractivity contribution in [2.75, 3.05) is 0 Å². The SMILES string of the molecule is Cc1ccc(Cc2noc(C3CC4CCC(C3)N4C(=O)OC(C)(C)C)n2)cc1. The quantitative estimate of drug-likeness (QED) is 0.774. The summed E-state index contributed by atoms with van der Waals surface area (Å²) >= 11 is 0. The van der Waals surface area contributed by atoms with Crippen LogP contribution >= 0.6 is 0 Å². The van der Waals surface area contributed by atoms with Crippen molar-refractivity contribution in [1.82, 2.24) is 15.0 Å². The molecule has 28 heavy (non-hydrogen) atoms. The van der Waals surface area contributed by atoms with Crippen LogP contribution in [-0.4, -0.2) is 38.8 Å². The first-order valence-corrected chi connectivity index (χ1v) is 10.2. The average molecular weight is 383 g/mol. The minimum atomic E-state index is -0.468. The first kappa shape index (κ1) is 19.0. The van der Waals surface area contributed by atoms with Gasteiger partial charge in [-0.05, 0) is 58.9 Å². The van der Waals surface area contributed by atoms with Gasteiger partial charge in [0.05, 0.1) is 0 Å². The van der Waals surface area contributed by atoms with Crippen molar-refractivity contribution < 1.29 is 14.1 Å². The molecule has 3 heterocycles. The van der Waals surface area contributed by atoms with Crippen LogP contribution in [0.25, 0.3) is 0 Å². The molecule has 6 heteroatoms. The number of piperidine rings is 1. The molecule has 1 aromatic carbocycles. The average Bonchev–Trinajstić information content (AvgIpc) is 3.18. The first-order chi connectivity index (χ1) is 13.3. The Morgan fingerprint density at radius 1 is 1.18 bits per heavy atom. The van der Waals surface area contributed by atoms with Gasteiger partial charge in [-0.15, -0.1) is 0 Å². The molecule has 0 aliphatic carbocycles. The van der Waals surface area contributed by atoms with Gasteiger partial charge in [0.25, 0.3) is 0 Å². The number of hydrogen-bond acceptors (Lipinski definition) is 5. The van der Waals surface area contributed by atoms with Gasteiger partial charge in [-0.2, -0.15) is 4.98 Å². The fourth-order valence-corrected chi connectivity index (χ4v) is 4.39. The molecule has 1 amide bonds. The third-order valence-corrected chi connectivity index (χ3v) is 5.65. The molecule has 2 bridgehead atoms. The lowest BCUT2D eigenvalue weighted by molar-refractivity contribution is 0.00469. The van der Waals surface area contributed by atoms with Gasteiger partial charge in [0.1, 0.15) is 5.60 Å². The maximum atomic E-state index is 12.6. The van der Waals surface area contributed by atoms with Crippen molar-refractivity contribution in [3.63, 3.8) is 0 Å². The van der Waals surface area contributed by atoms with Crippen molar-refractivity contribution in [2.45, 2.75) is 83.4 Å². The van der Waals surface area contributed by atoms with Gasteiger partial charge >= 0.3 is 6.09 Å². The van der Waals surface area contributed by atoms with E-state index in [0.717, 1.165) is 31.5 Å². The van der Waals surface area contributed by atoms with E-state index in [9.17, 15) is 4.79 Å². The first-order valence-electron chi connectivity index (χ1n) is 10.2. The molecule has 0 N–H and O–H groups in total. The molecule has 1 aromatic heterocycles. The Morgan fingerprint density at radius 2 is 1.82 bits per heavy atom. The predicted molar refractivity (Wildman–Crippen MR) is 105 cm³/mol. The number of carbonyl (C=O) groups is 1. The summed E-state index contributed by atoms with van der Waals surface area (Å²) < 4.78 is 11.2. The van der Waals surface area contributed by atoms with E-state index in [1.807, 2.05) is 25.7 Å². The number of aryl methyl sites for hydroxylation is 1. The maximum absolute atomic E-state index is 12.6. The van der Waals surface area contributed by atoms with Gasteiger partial charge in [0.15, 0.2) is 5.82 Å². The summed E-state index contributed by atoms with van der Waals surface area (Å²) in [5, 5.41) is 4.19. The third kappa shape index (κ3) is 4.05. The number of nitrogens with zero attached hydrogens (tertiary/aromatic N) is 3. The lowest BCUT2D eigenvalue weighted by Gasteiger charge is -2.38. The van der Waals surface area contributed by atoms with Crippen LogP contribution in [0.15, 0.2) is 28.8 Å². The van der Waals surface area contributed by atoms with E-state index in [2.05, 4.69) is 41.3 Å². The highest BCUT2D eigenvalue weighted by Gasteiger charge is 2.46. The van der Waals surface area contributed by atoms with Gasteiger partial charge < -0.3 is 14.2 Å². The zero-order valence-electron chi connectivity index (χ0n) is 17.1. The summed E-state index contributed by atoms with van der Waals surface area (Å²) in [6.45, 7) is 7.81.